The Morgan fingerprint density at radius 2 is 1.93 bits per heavy atom. The zero-order chi connectivity index (χ0) is 20.3. The van der Waals surface area contributed by atoms with Gasteiger partial charge in [-0.15, -0.1) is 0 Å². The van der Waals surface area contributed by atoms with Gasteiger partial charge in [0, 0.05) is 24.1 Å². The van der Waals surface area contributed by atoms with Crippen molar-refractivity contribution in [2.45, 2.75) is 27.3 Å². The average Bonchev–Trinajstić information content (AvgIpc) is 2.65. The van der Waals surface area contributed by atoms with E-state index >= 15 is 0 Å². The summed E-state index contributed by atoms with van der Waals surface area (Å²) in [5.74, 6) is 0.176. The van der Waals surface area contributed by atoms with Crippen LogP contribution >= 0.6 is 0 Å². The van der Waals surface area contributed by atoms with E-state index in [0.29, 0.717) is 22.7 Å². The van der Waals surface area contributed by atoms with Crippen LogP contribution in [0.3, 0.4) is 0 Å². The van der Waals surface area contributed by atoms with Crippen molar-refractivity contribution in [2.24, 2.45) is 0 Å². The predicted molar refractivity (Wildman–Crippen MR) is 107 cm³/mol. The average molecular weight is 378 g/mol. The maximum atomic E-state index is 12.9. The molecule has 0 atom stereocenters. The van der Waals surface area contributed by atoms with Crippen LogP contribution in [0.4, 0.5) is 5.69 Å². The van der Waals surface area contributed by atoms with Crippen molar-refractivity contribution in [1.82, 2.24) is 14.5 Å². The third kappa shape index (κ3) is 4.25. The molecular weight excluding hydrogens is 356 g/mol. The molecule has 1 aromatic carbocycles. The lowest BCUT2D eigenvalue weighted by molar-refractivity contribution is 0.102. The van der Waals surface area contributed by atoms with E-state index in [1.165, 1.54) is 4.57 Å². The number of ether oxygens (including phenoxy) is 1. The lowest BCUT2D eigenvalue weighted by Gasteiger charge is -2.12. The molecule has 1 N–H and O–H groups in total. The third-order valence-corrected chi connectivity index (χ3v) is 4.31. The van der Waals surface area contributed by atoms with Gasteiger partial charge < -0.3 is 14.6 Å². The second kappa shape index (κ2) is 8.04. The van der Waals surface area contributed by atoms with E-state index in [0.717, 1.165) is 11.3 Å². The Kier molecular flexibility index (Phi) is 5.54. The first kappa shape index (κ1) is 19.3. The molecule has 2 heterocycles. The summed E-state index contributed by atoms with van der Waals surface area (Å²) in [6.07, 6.45) is 4.93. The minimum Gasteiger partial charge on any atom is -0.497 e. The van der Waals surface area contributed by atoms with E-state index in [1.54, 1.807) is 44.8 Å². The number of carbonyl (C=O) groups excluding carboxylic acids is 1. The molecule has 0 aliphatic rings. The number of aromatic nitrogens is 3. The highest BCUT2D eigenvalue weighted by Crippen LogP contribution is 2.21. The van der Waals surface area contributed by atoms with Crippen molar-refractivity contribution in [3.63, 3.8) is 0 Å². The number of pyridine rings is 1. The summed E-state index contributed by atoms with van der Waals surface area (Å²) in [6.45, 7) is 5.73. The summed E-state index contributed by atoms with van der Waals surface area (Å²) in [6, 6.07) is 7.14. The van der Waals surface area contributed by atoms with Crippen LogP contribution in [0.2, 0.25) is 0 Å². The van der Waals surface area contributed by atoms with Crippen molar-refractivity contribution in [3.8, 4) is 5.75 Å². The van der Waals surface area contributed by atoms with Gasteiger partial charge in [-0.1, -0.05) is 0 Å². The molecule has 3 aromatic rings. The molecule has 0 bridgehead atoms. The number of carbonyl (C=O) groups is 1. The highest BCUT2D eigenvalue weighted by molar-refractivity contribution is 6.05. The number of hydrogen-bond acceptors (Lipinski definition) is 5. The van der Waals surface area contributed by atoms with E-state index in [-0.39, 0.29) is 17.7 Å². The van der Waals surface area contributed by atoms with Crippen LogP contribution in [0.15, 0.2) is 47.7 Å². The Labute approximate surface area is 163 Å². The third-order valence-electron chi connectivity index (χ3n) is 4.31. The molecule has 1 amide bonds. The smallest absolute Gasteiger partial charge is 0.264 e. The number of rotatable bonds is 5. The van der Waals surface area contributed by atoms with Gasteiger partial charge >= 0.3 is 0 Å². The normalized spacial score (nSPS) is 10.6. The van der Waals surface area contributed by atoms with Crippen LogP contribution < -0.4 is 15.6 Å². The van der Waals surface area contributed by atoms with E-state index in [4.69, 9.17) is 4.74 Å². The fourth-order valence-corrected chi connectivity index (χ4v) is 2.87. The molecule has 144 valence electrons. The summed E-state index contributed by atoms with van der Waals surface area (Å²) in [4.78, 5) is 34.2. The van der Waals surface area contributed by atoms with Crippen LogP contribution in [-0.2, 0) is 6.54 Å². The van der Waals surface area contributed by atoms with Crippen molar-refractivity contribution in [1.29, 1.82) is 0 Å². The van der Waals surface area contributed by atoms with Gasteiger partial charge in [0.05, 0.1) is 31.2 Å². The number of nitrogens with zero attached hydrogens (tertiary/aromatic N) is 3. The number of anilines is 1. The molecule has 0 saturated carbocycles. The molecular formula is C21H22N4O3. The maximum absolute atomic E-state index is 12.9. The second-order valence-electron chi connectivity index (χ2n) is 6.65. The van der Waals surface area contributed by atoms with Gasteiger partial charge in [-0.25, -0.2) is 0 Å². The second-order valence-corrected chi connectivity index (χ2v) is 6.65. The molecule has 3 rings (SSSR count). The van der Waals surface area contributed by atoms with Crippen molar-refractivity contribution >= 4 is 11.6 Å². The highest BCUT2D eigenvalue weighted by atomic mass is 16.5. The molecule has 0 radical (unpaired) electrons. The molecule has 7 heteroatoms. The molecule has 0 aliphatic carbocycles. The molecule has 0 saturated heterocycles. The Morgan fingerprint density at radius 3 is 2.61 bits per heavy atom. The topological polar surface area (TPSA) is 86.1 Å². The number of aryl methyl sites for hydroxylation is 3. The fraction of sp³-hybridized carbons (Fsp3) is 0.238. The van der Waals surface area contributed by atoms with Gasteiger partial charge in [-0.05, 0) is 50.1 Å². The highest BCUT2D eigenvalue weighted by Gasteiger charge is 2.17. The van der Waals surface area contributed by atoms with Gasteiger partial charge in [0.15, 0.2) is 0 Å². The minimum absolute atomic E-state index is 0.100. The lowest BCUT2D eigenvalue weighted by atomic mass is 10.1. The van der Waals surface area contributed by atoms with Crippen molar-refractivity contribution < 1.29 is 9.53 Å². The molecule has 28 heavy (non-hydrogen) atoms. The predicted octanol–water partition coefficient (Wildman–Crippen LogP) is 2.87. The monoisotopic (exact) mass is 378 g/mol. The zero-order valence-corrected chi connectivity index (χ0v) is 16.3. The summed E-state index contributed by atoms with van der Waals surface area (Å²) in [7, 11) is 1.56. The summed E-state index contributed by atoms with van der Waals surface area (Å²) in [5.41, 5.74) is 3.28. The molecule has 0 unspecified atom stereocenters. The van der Waals surface area contributed by atoms with Gasteiger partial charge in [0.1, 0.15) is 11.3 Å². The largest absolute Gasteiger partial charge is 0.497 e. The first-order valence-electron chi connectivity index (χ1n) is 8.82. The standard InChI is InChI=1S/C21H22N4O3/c1-13-7-16(9-18(8-13)28-4)24-20(26)19-14(2)5-6-25(21(19)27)12-17-11-22-15(3)10-23-17/h5-11H,12H2,1-4H3,(H,24,26). The molecule has 7 nitrogen and oxygen atoms in total. The van der Waals surface area contributed by atoms with Crippen molar-refractivity contribution in [2.75, 3.05) is 12.4 Å². The number of hydrogen-bond donors (Lipinski definition) is 1. The van der Waals surface area contributed by atoms with Crippen LogP contribution in [-0.4, -0.2) is 27.6 Å². The number of methoxy groups -OCH3 is 1. The summed E-state index contributed by atoms with van der Waals surface area (Å²) < 4.78 is 6.69. The Bertz CT molecular complexity index is 1070. The van der Waals surface area contributed by atoms with E-state index in [1.807, 2.05) is 26.0 Å². The number of amides is 1. The lowest BCUT2D eigenvalue weighted by Crippen LogP contribution is -2.30. The van der Waals surface area contributed by atoms with Crippen LogP contribution in [0.25, 0.3) is 0 Å². The Balaban J connectivity index is 1.91. The van der Waals surface area contributed by atoms with Crippen LogP contribution in [0.5, 0.6) is 5.75 Å². The molecule has 0 spiro atoms. The van der Waals surface area contributed by atoms with Gasteiger partial charge in [-0.2, -0.15) is 0 Å². The number of nitrogens with one attached hydrogen (secondary N) is 1. The van der Waals surface area contributed by atoms with Crippen LogP contribution in [0, 0.1) is 20.8 Å². The van der Waals surface area contributed by atoms with Crippen LogP contribution in [0.1, 0.15) is 32.9 Å². The molecule has 0 aliphatic heterocycles. The first-order chi connectivity index (χ1) is 13.4. The van der Waals surface area contributed by atoms with Gasteiger partial charge in [0.25, 0.3) is 11.5 Å². The molecule has 2 aromatic heterocycles. The number of benzene rings is 1. The van der Waals surface area contributed by atoms with E-state index in [2.05, 4.69) is 15.3 Å². The Morgan fingerprint density at radius 1 is 1.14 bits per heavy atom. The summed E-state index contributed by atoms with van der Waals surface area (Å²) in [5, 5.41) is 2.79. The van der Waals surface area contributed by atoms with Gasteiger partial charge in [0.2, 0.25) is 0 Å². The fourth-order valence-electron chi connectivity index (χ4n) is 2.87. The Hall–Kier alpha value is -3.48. The zero-order valence-electron chi connectivity index (χ0n) is 16.3. The maximum Gasteiger partial charge on any atom is 0.264 e. The van der Waals surface area contributed by atoms with E-state index < -0.39 is 5.91 Å². The van der Waals surface area contributed by atoms with Crippen molar-refractivity contribution in [3.05, 3.63) is 81.3 Å². The first-order valence-corrected chi connectivity index (χ1v) is 8.82. The van der Waals surface area contributed by atoms with E-state index in [9.17, 15) is 9.59 Å². The quantitative estimate of drug-likeness (QED) is 0.738. The summed E-state index contributed by atoms with van der Waals surface area (Å²) >= 11 is 0. The SMILES string of the molecule is COc1cc(C)cc(NC(=O)c2c(C)ccn(Cc3cnc(C)cn3)c2=O)c1. The molecule has 0 fully saturated rings. The minimum atomic E-state index is -0.459. The van der Waals surface area contributed by atoms with Gasteiger partial charge in [-0.3, -0.25) is 19.6 Å².